The SMILES string of the molecule is Cc1cc2ncnc(N3CCCN(C(=O)CCNS(N)(=O)=O)CC3)c2cc1C. The second-order valence-electron chi connectivity index (χ2n) is 7.06. The number of benzene rings is 1. The molecule has 9 nitrogen and oxygen atoms in total. The molecule has 2 heterocycles. The molecule has 0 bridgehead atoms. The predicted octanol–water partition coefficient (Wildman–Crippen LogP) is 0.469. The van der Waals surface area contributed by atoms with Crippen LogP contribution in [0, 0.1) is 13.8 Å². The minimum atomic E-state index is -3.77. The standard InChI is InChI=1S/C18H26N6O3S/c1-13-10-15-16(11-14(13)2)20-12-21-18(15)24-7-3-6-23(8-9-24)17(25)4-5-22-28(19,26)27/h10-12,22H,3-9H2,1-2H3,(H2,19,26,27). The lowest BCUT2D eigenvalue weighted by Gasteiger charge is -2.24. The van der Waals surface area contributed by atoms with Crippen molar-refractivity contribution in [2.24, 2.45) is 5.14 Å². The molecule has 0 spiro atoms. The van der Waals surface area contributed by atoms with Gasteiger partial charge in [0.05, 0.1) is 5.52 Å². The first kappa shape index (κ1) is 20.4. The molecule has 0 atom stereocenters. The average Bonchev–Trinajstić information content (AvgIpc) is 2.87. The minimum Gasteiger partial charge on any atom is -0.354 e. The van der Waals surface area contributed by atoms with Gasteiger partial charge in [0.2, 0.25) is 5.91 Å². The molecule has 2 aromatic rings. The number of carbonyl (C=O) groups is 1. The van der Waals surface area contributed by atoms with E-state index in [0.29, 0.717) is 19.6 Å². The van der Waals surface area contributed by atoms with E-state index in [0.717, 1.165) is 29.7 Å². The predicted molar refractivity (Wildman–Crippen MR) is 108 cm³/mol. The van der Waals surface area contributed by atoms with Crippen molar-refractivity contribution in [3.8, 4) is 0 Å². The van der Waals surface area contributed by atoms with Crippen molar-refractivity contribution in [3.63, 3.8) is 0 Å². The van der Waals surface area contributed by atoms with Crippen LogP contribution in [0.5, 0.6) is 0 Å². The van der Waals surface area contributed by atoms with E-state index >= 15 is 0 Å². The number of rotatable bonds is 5. The van der Waals surface area contributed by atoms with Crippen molar-refractivity contribution in [1.29, 1.82) is 0 Å². The van der Waals surface area contributed by atoms with Gasteiger partial charge in [0.15, 0.2) is 0 Å². The highest BCUT2D eigenvalue weighted by atomic mass is 32.2. The van der Waals surface area contributed by atoms with Gasteiger partial charge in [-0.1, -0.05) is 0 Å². The van der Waals surface area contributed by atoms with Crippen LogP contribution in [0.2, 0.25) is 0 Å². The molecule has 152 valence electrons. The number of nitrogens with zero attached hydrogens (tertiary/aromatic N) is 4. The molecule has 10 heteroatoms. The highest BCUT2D eigenvalue weighted by Gasteiger charge is 2.21. The summed E-state index contributed by atoms with van der Waals surface area (Å²) in [5.41, 5.74) is 3.30. The van der Waals surface area contributed by atoms with Crippen LogP contribution in [0.15, 0.2) is 18.5 Å². The highest BCUT2D eigenvalue weighted by molar-refractivity contribution is 7.87. The number of amides is 1. The third-order valence-electron chi connectivity index (χ3n) is 5.02. The van der Waals surface area contributed by atoms with Crippen LogP contribution in [0.3, 0.4) is 0 Å². The summed E-state index contributed by atoms with van der Waals surface area (Å²) < 4.78 is 24.0. The molecule has 1 aliphatic rings. The summed E-state index contributed by atoms with van der Waals surface area (Å²) in [6, 6.07) is 4.19. The van der Waals surface area contributed by atoms with Crippen molar-refractivity contribution in [3.05, 3.63) is 29.6 Å². The summed E-state index contributed by atoms with van der Waals surface area (Å²) in [6.07, 6.45) is 2.48. The van der Waals surface area contributed by atoms with Crippen molar-refractivity contribution in [1.82, 2.24) is 19.6 Å². The maximum Gasteiger partial charge on any atom is 0.274 e. The molecule has 0 radical (unpaired) electrons. The number of hydrogen-bond acceptors (Lipinski definition) is 6. The topological polar surface area (TPSA) is 122 Å². The Balaban J connectivity index is 1.69. The van der Waals surface area contributed by atoms with Crippen LogP contribution in [0.4, 0.5) is 5.82 Å². The zero-order valence-corrected chi connectivity index (χ0v) is 17.0. The van der Waals surface area contributed by atoms with Gasteiger partial charge in [-0.15, -0.1) is 0 Å². The zero-order chi connectivity index (χ0) is 20.3. The van der Waals surface area contributed by atoms with Gasteiger partial charge in [0.1, 0.15) is 12.1 Å². The molecule has 0 saturated carbocycles. The Kier molecular flexibility index (Phi) is 6.11. The van der Waals surface area contributed by atoms with Gasteiger partial charge in [-0.3, -0.25) is 4.79 Å². The zero-order valence-electron chi connectivity index (χ0n) is 16.2. The second-order valence-corrected chi connectivity index (χ2v) is 8.44. The van der Waals surface area contributed by atoms with Crippen LogP contribution in [0.1, 0.15) is 24.0 Å². The number of nitrogens with one attached hydrogen (secondary N) is 1. The van der Waals surface area contributed by atoms with E-state index < -0.39 is 10.2 Å². The quantitative estimate of drug-likeness (QED) is 0.744. The molecule has 28 heavy (non-hydrogen) atoms. The molecular weight excluding hydrogens is 380 g/mol. The first-order valence-corrected chi connectivity index (χ1v) is 10.8. The lowest BCUT2D eigenvalue weighted by molar-refractivity contribution is -0.130. The number of aromatic nitrogens is 2. The first-order valence-electron chi connectivity index (χ1n) is 9.26. The van der Waals surface area contributed by atoms with Gasteiger partial charge in [-0.25, -0.2) is 19.8 Å². The van der Waals surface area contributed by atoms with Crippen LogP contribution in [-0.2, 0) is 15.0 Å². The maximum atomic E-state index is 12.4. The fraction of sp³-hybridized carbons (Fsp3) is 0.500. The molecule has 3 rings (SSSR count). The number of nitrogens with two attached hydrogens (primary N) is 1. The van der Waals surface area contributed by atoms with Crippen molar-refractivity contribution in [2.45, 2.75) is 26.7 Å². The molecule has 0 aliphatic carbocycles. The second kappa shape index (κ2) is 8.38. The lowest BCUT2D eigenvalue weighted by Crippen LogP contribution is -2.38. The van der Waals surface area contributed by atoms with E-state index in [2.05, 4.69) is 45.6 Å². The van der Waals surface area contributed by atoms with Crippen molar-refractivity contribution >= 4 is 32.8 Å². The summed E-state index contributed by atoms with van der Waals surface area (Å²) in [7, 11) is -3.77. The normalized spacial score (nSPS) is 15.7. The summed E-state index contributed by atoms with van der Waals surface area (Å²) in [6.45, 7) is 6.79. The van der Waals surface area contributed by atoms with Crippen LogP contribution in [-0.4, -0.2) is 61.9 Å². The molecule has 1 saturated heterocycles. The van der Waals surface area contributed by atoms with Crippen LogP contribution in [0.25, 0.3) is 10.9 Å². The van der Waals surface area contributed by atoms with Gasteiger partial charge < -0.3 is 9.80 Å². The van der Waals surface area contributed by atoms with E-state index in [1.165, 1.54) is 11.1 Å². The molecule has 1 fully saturated rings. The van der Waals surface area contributed by atoms with E-state index in [-0.39, 0.29) is 18.9 Å². The average molecular weight is 407 g/mol. The largest absolute Gasteiger partial charge is 0.354 e. The molecule has 1 aromatic heterocycles. The third kappa shape index (κ3) is 4.94. The van der Waals surface area contributed by atoms with Gasteiger partial charge >= 0.3 is 0 Å². The number of aryl methyl sites for hydroxylation is 2. The van der Waals surface area contributed by atoms with Crippen LogP contribution < -0.4 is 14.8 Å². The number of fused-ring (bicyclic) bond motifs is 1. The Hall–Kier alpha value is -2.30. The Labute approximate surface area is 165 Å². The summed E-state index contributed by atoms with van der Waals surface area (Å²) >= 11 is 0. The lowest BCUT2D eigenvalue weighted by atomic mass is 10.1. The molecule has 0 unspecified atom stereocenters. The van der Waals surface area contributed by atoms with E-state index in [9.17, 15) is 13.2 Å². The first-order chi connectivity index (χ1) is 13.2. The molecule has 1 aliphatic heterocycles. The number of hydrogen-bond donors (Lipinski definition) is 2. The highest BCUT2D eigenvalue weighted by Crippen LogP contribution is 2.26. The fourth-order valence-corrected chi connectivity index (χ4v) is 3.78. The monoisotopic (exact) mass is 406 g/mol. The Bertz CT molecular complexity index is 979. The third-order valence-corrected chi connectivity index (χ3v) is 5.63. The summed E-state index contributed by atoms with van der Waals surface area (Å²) in [4.78, 5) is 25.2. The van der Waals surface area contributed by atoms with Crippen LogP contribution >= 0.6 is 0 Å². The van der Waals surface area contributed by atoms with E-state index in [1.807, 2.05) is 0 Å². The van der Waals surface area contributed by atoms with E-state index in [4.69, 9.17) is 5.14 Å². The van der Waals surface area contributed by atoms with E-state index in [1.54, 1.807) is 11.2 Å². The number of anilines is 1. The van der Waals surface area contributed by atoms with Gasteiger partial charge in [0.25, 0.3) is 10.2 Å². The molecule has 3 N–H and O–H groups in total. The summed E-state index contributed by atoms with van der Waals surface area (Å²) in [5.74, 6) is 0.801. The Morgan fingerprint density at radius 1 is 1.14 bits per heavy atom. The van der Waals surface area contributed by atoms with Gasteiger partial charge in [0, 0.05) is 44.5 Å². The Morgan fingerprint density at radius 3 is 2.64 bits per heavy atom. The maximum absolute atomic E-state index is 12.4. The molecule has 1 aromatic carbocycles. The Morgan fingerprint density at radius 2 is 1.89 bits per heavy atom. The minimum absolute atomic E-state index is 0.00700. The van der Waals surface area contributed by atoms with Gasteiger partial charge in [-0.05, 0) is 43.5 Å². The van der Waals surface area contributed by atoms with Crippen molar-refractivity contribution in [2.75, 3.05) is 37.6 Å². The molecular formula is C18H26N6O3S. The number of carbonyl (C=O) groups excluding carboxylic acids is 1. The smallest absolute Gasteiger partial charge is 0.274 e. The van der Waals surface area contributed by atoms with Gasteiger partial charge in [-0.2, -0.15) is 8.42 Å². The van der Waals surface area contributed by atoms with Crippen molar-refractivity contribution < 1.29 is 13.2 Å². The fourth-order valence-electron chi connectivity index (χ4n) is 3.39. The summed E-state index contributed by atoms with van der Waals surface area (Å²) in [5, 5.41) is 5.91. The molecule has 1 amide bonds.